The standard InChI is InChI=1S/C21H21N7O/c1-3-15(13-22-5-1)11-18-25-17-12-19(24-16-4-2-6-23-14-16)26-20(17)21(27-18)28-7-9-29-10-8-28/h1-6,13-14H,7-12H2,(H,24,26). The highest BCUT2D eigenvalue weighted by Gasteiger charge is 2.26. The molecule has 0 radical (unpaired) electrons. The molecule has 8 heteroatoms. The van der Waals surface area contributed by atoms with Gasteiger partial charge in [0.15, 0.2) is 5.82 Å². The first-order valence-electron chi connectivity index (χ1n) is 9.71. The van der Waals surface area contributed by atoms with Crippen LogP contribution in [0, 0.1) is 0 Å². The van der Waals surface area contributed by atoms with Crippen molar-refractivity contribution in [1.82, 2.24) is 19.9 Å². The van der Waals surface area contributed by atoms with E-state index in [4.69, 9.17) is 19.7 Å². The van der Waals surface area contributed by atoms with E-state index in [9.17, 15) is 0 Å². The number of nitrogens with one attached hydrogen (secondary N) is 1. The minimum atomic E-state index is 0.643. The molecule has 5 rings (SSSR count). The number of hydrogen-bond donors (Lipinski definition) is 1. The molecule has 2 aliphatic rings. The van der Waals surface area contributed by atoms with Gasteiger partial charge in [0.1, 0.15) is 17.3 Å². The van der Waals surface area contributed by atoms with Crippen LogP contribution < -0.4 is 10.2 Å². The summed E-state index contributed by atoms with van der Waals surface area (Å²) in [6.45, 7) is 3.00. The number of morpholine rings is 1. The molecule has 3 aromatic rings. The number of nitrogens with zero attached hydrogens (tertiary/aromatic N) is 6. The molecule has 0 atom stereocenters. The number of anilines is 2. The molecule has 1 fully saturated rings. The van der Waals surface area contributed by atoms with E-state index in [0.29, 0.717) is 26.1 Å². The summed E-state index contributed by atoms with van der Waals surface area (Å²) in [5.41, 5.74) is 3.81. The molecule has 0 bridgehead atoms. The Morgan fingerprint density at radius 1 is 1.00 bits per heavy atom. The van der Waals surface area contributed by atoms with Crippen molar-refractivity contribution in [1.29, 1.82) is 0 Å². The number of aromatic nitrogens is 4. The predicted octanol–water partition coefficient (Wildman–Crippen LogP) is 2.39. The summed E-state index contributed by atoms with van der Waals surface area (Å²) in [7, 11) is 0. The molecular formula is C21H21N7O. The first-order valence-corrected chi connectivity index (χ1v) is 9.71. The van der Waals surface area contributed by atoms with Crippen molar-refractivity contribution in [3.05, 3.63) is 66.1 Å². The van der Waals surface area contributed by atoms with E-state index in [1.807, 2.05) is 30.5 Å². The molecule has 0 saturated carbocycles. The van der Waals surface area contributed by atoms with E-state index in [0.717, 1.165) is 53.2 Å². The summed E-state index contributed by atoms with van der Waals surface area (Å²) >= 11 is 0. The maximum atomic E-state index is 5.52. The van der Waals surface area contributed by atoms with Crippen LogP contribution in [0.3, 0.4) is 0 Å². The van der Waals surface area contributed by atoms with Crippen molar-refractivity contribution in [3.63, 3.8) is 0 Å². The van der Waals surface area contributed by atoms with Crippen molar-refractivity contribution >= 4 is 23.0 Å². The molecule has 8 nitrogen and oxygen atoms in total. The predicted molar refractivity (Wildman–Crippen MR) is 111 cm³/mol. The van der Waals surface area contributed by atoms with Crippen molar-refractivity contribution in [2.24, 2.45) is 4.99 Å². The topological polar surface area (TPSA) is 88.4 Å². The van der Waals surface area contributed by atoms with Crippen LogP contribution in [-0.2, 0) is 17.6 Å². The van der Waals surface area contributed by atoms with Gasteiger partial charge >= 0.3 is 0 Å². The lowest BCUT2D eigenvalue weighted by molar-refractivity contribution is 0.122. The molecule has 3 aromatic heterocycles. The lowest BCUT2D eigenvalue weighted by Gasteiger charge is -2.28. The van der Waals surface area contributed by atoms with Crippen LogP contribution in [0.5, 0.6) is 0 Å². The van der Waals surface area contributed by atoms with Crippen LogP contribution >= 0.6 is 0 Å². The minimum absolute atomic E-state index is 0.643. The molecule has 1 N–H and O–H groups in total. The van der Waals surface area contributed by atoms with Crippen molar-refractivity contribution in [3.8, 4) is 0 Å². The van der Waals surface area contributed by atoms with Gasteiger partial charge in [0.25, 0.3) is 0 Å². The van der Waals surface area contributed by atoms with Crippen LogP contribution in [0.15, 0.2) is 54.0 Å². The smallest absolute Gasteiger partial charge is 0.158 e. The third-order valence-corrected chi connectivity index (χ3v) is 4.91. The number of hydrogen-bond acceptors (Lipinski definition) is 8. The third kappa shape index (κ3) is 3.93. The Morgan fingerprint density at radius 2 is 1.83 bits per heavy atom. The largest absolute Gasteiger partial charge is 0.378 e. The van der Waals surface area contributed by atoms with E-state index in [1.165, 1.54) is 0 Å². The molecule has 146 valence electrons. The second-order valence-electron chi connectivity index (χ2n) is 7.00. The fourth-order valence-electron chi connectivity index (χ4n) is 3.54. The van der Waals surface area contributed by atoms with E-state index in [-0.39, 0.29) is 0 Å². The third-order valence-electron chi connectivity index (χ3n) is 4.91. The normalized spacial score (nSPS) is 15.7. The molecule has 0 unspecified atom stereocenters. The van der Waals surface area contributed by atoms with Gasteiger partial charge in [0.05, 0.1) is 37.2 Å². The van der Waals surface area contributed by atoms with Crippen molar-refractivity contribution < 1.29 is 4.74 Å². The zero-order chi connectivity index (χ0) is 19.5. The van der Waals surface area contributed by atoms with Crippen LogP contribution in [-0.4, -0.2) is 52.1 Å². The molecule has 1 saturated heterocycles. The average molecular weight is 387 g/mol. The van der Waals surface area contributed by atoms with Gasteiger partial charge in [-0.25, -0.2) is 15.0 Å². The monoisotopic (exact) mass is 387 g/mol. The number of rotatable bonds is 4. The molecule has 0 amide bonds. The molecule has 0 spiro atoms. The zero-order valence-electron chi connectivity index (χ0n) is 16.0. The maximum absolute atomic E-state index is 5.52. The summed E-state index contributed by atoms with van der Waals surface area (Å²) in [6.07, 6.45) is 8.46. The van der Waals surface area contributed by atoms with Crippen molar-refractivity contribution in [2.75, 3.05) is 36.5 Å². The molecular weight excluding hydrogens is 366 g/mol. The molecule has 2 aliphatic heterocycles. The van der Waals surface area contributed by atoms with Crippen LogP contribution in [0.4, 0.5) is 17.2 Å². The first-order chi connectivity index (χ1) is 14.3. The number of ether oxygens (including phenoxy) is 1. The Labute approximate surface area is 168 Å². The Kier molecular flexibility index (Phi) is 4.83. The summed E-state index contributed by atoms with van der Waals surface area (Å²) in [6, 6.07) is 7.85. The Bertz CT molecular complexity index is 1020. The van der Waals surface area contributed by atoms with Gasteiger partial charge < -0.3 is 15.0 Å². The van der Waals surface area contributed by atoms with Crippen LogP contribution in [0.1, 0.15) is 17.1 Å². The zero-order valence-corrected chi connectivity index (χ0v) is 16.0. The number of aliphatic imine (C=N–C) groups is 1. The molecule has 29 heavy (non-hydrogen) atoms. The number of pyridine rings is 2. The quantitative estimate of drug-likeness (QED) is 0.735. The summed E-state index contributed by atoms with van der Waals surface area (Å²) in [5, 5.41) is 3.35. The SMILES string of the molecule is c1cncc(Cc2nc3c(c(N4CCOCC4)n2)N=C(Nc2cccnc2)C3)c1. The van der Waals surface area contributed by atoms with Gasteiger partial charge in [0, 0.05) is 38.1 Å². The highest BCUT2D eigenvalue weighted by atomic mass is 16.5. The van der Waals surface area contributed by atoms with E-state index in [1.54, 1.807) is 18.6 Å². The Balaban J connectivity index is 1.47. The van der Waals surface area contributed by atoms with Gasteiger partial charge in [0.2, 0.25) is 0 Å². The van der Waals surface area contributed by atoms with Gasteiger partial charge in [-0.05, 0) is 23.8 Å². The molecule has 0 aliphatic carbocycles. The van der Waals surface area contributed by atoms with E-state index >= 15 is 0 Å². The van der Waals surface area contributed by atoms with Crippen LogP contribution in [0.25, 0.3) is 0 Å². The summed E-state index contributed by atoms with van der Waals surface area (Å²) in [4.78, 5) is 25.1. The second kappa shape index (κ2) is 7.92. The molecule has 5 heterocycles. The van der Waals surface area contributed by atoms with Gasteiger partial charge in [-0.2, -0.15) is 0 Å². The minimum Gasteiger partial charge on any atom is -0.378 e. The molecule has 0 aromatic carbocycles. The van der Waals surface area contributed by atoms with Crippen LogP contribution in [0.2, 0.25) is 0 Å². The number of amidine groups is 1. The number of fused-ring (bicyclic) bond motifs is 1. The van der Waals surface area contributed by atoms with Crippen molar-refractivity contribution in [2.45, 2.75) is 12.8 Å². The fraction of sp³-hybridized carbons (Fsp3) is 0.286. The van der Waals surface area contributed by atoms with Gasteiger partial charge in [-0.1, -0.05) is 6.07 Å². The Hall–Kier alpha value is -3.39. The second-order valence-corrected chi connectivity index (χ2v) is 7.00. The van der Waals surface area contributed by atoms with Gasteiger partial charge in [-0.15, -0.1) is 0 Å². The highest BCUT2D eigenvalue weighted by molar-refractivity contribution is 6.02. The summed E-state index contributed by atoms with van der Waals surface area (Å²) in [5.74, 6) is 2.53. The highest BCUT2D eigenvalue weighted by Crippen LogP contribution is 2.35. The Morgan fingerprint density at radius 3 is 2.59 bits per heavy atom. The maximum Gasteiger partial charge on any atom is 0.158 e. The van der Waals surface area contributed by atoms with Gasteiger partial charge in [-0.3, -0.25) is 9.97 Å². The average Bonchev–Trinajstić information content (AvgIpc) is 3.17. The summed E-state index contributed by atoms with van der Waals surface area (Å²) < 4.78 is 5.52. The lowest BCUT2D eigenvalue weighted by Crippen LogP contribution is -2.37. The lowest BCUT2D eigenvalue weighted by atomic mass is 10.2. The van der Waals surface area contributed by atoms with E-state index < -0.39 is 0 Å². The first kappa shape index (κ1) is 17.7. The van der Waals surface area contributed by atoms with E-state index in [2.05, 4.69) is 20.2 Å². The fourth-order valence-corrected chi connectivity index (χ4v) is 3.54.